The van der Waals surface area contributed by atoms with Crippen LogP contribution in [0, 0.1) is 5.82 Å². The van der Waals surface area contributed by atoms with Crippen molar-refractivity contribution < 1.29 is 28.6 Å². The van der Waals surface area contributed by atoms with Gasteiger partial charge in [-0.2, -0.15) is 0 Å². The van der Waals surface area contributed by atoms with E-state index in [9.17, 15) is 19.1 Å². The molecule has 2 aromatic rings. The number of amides is 1. The molecule has 0 fully saturated rings. The predicted octanol–water partition coefficient (Wildman–Crippen LogP) is 2.80. The minimum atomic E-state index is -0.959. The molecule has 7 nitrogen and oxygen atoms in total. The van der Waals surface area contributed by atoms with Crippen molar-refractivity contribution in [2.75, 3.05) is 19.0 Å². The minimum Gasteiger partial charge on any atom is -0.487 e. The Labute approximate surface area is 178 Å². The van der Waals surface area contributed by atoms with E-state index in [2.05, 4.69) is 10.6 Å². The zero-order valence-electron chi connectivity index (χ0n) is 17.2. The van der Waals surface area contributed by atoms with Gasteiger partial charge in [-0.05, 0) is 37.1 Å². The maximum absolute atomic E-state index is 13.7. The normalized spacial score (nSPS) is 18.7. The van der Waals surface area contributed by atoms with Crippen molar-refractivity contribution in [3.8, 4) is 0 Å². The van der Waals surface area contributed by atoms with Crippen molar-refractivity contribution in [1.82, 2.24) is 5.32 Å². The van der Waals surface area contributed by atoms with Crippen LogP contribution >= 0.6 is 0 Å². The van der Waals surface area contributed by atoms with Crippen LogP contribution in [0.4, 0.5) is 10.1 Å². The SMILES string of the molecule is CO[C@H](C)[C@@H](NCCc1ccc2c(c1)CO/C2=C1/C(=O)Nc2ccc(F)cc21)C(=O)O. The Kier molecular flexibility index (Phi) is 5.75. The van der Waals surface area contributed by atoms with Crippen molar-refractivity contribution in [1.29, 1.82) is 0 Å². The van der Waals surface area contributed by atoms with Gasteiger partial charge in [0.1, 0.15) is 24.2 Å². The summed E-state index contributed by atoms with van der Waals surface area (Å²) in [6, 6.07) is 9.17. The number of anilines is 1. The van der Waals surface area contributed by atoms with E-state index in [1.165, 1.54) is 25.3 Å². The number of ether oxygens (including phenoxy) is 2. The van der Waals surface area contributed by atoms with E-state index in [1.54, 1.807) is 6.92 Å². The topological polar surface area (TPSA) is 96.9 Å². The Balaban J connectivity index is 1.53. The summed E-state index contributed by atoms with van der Waals surface area (Å²) in [5.74, 6) is -1.25. The first-order chi connectivity index (χ1) is 14.9. The predicted molar refractivity (Wildman–Crippen MR) is 113 cm³/mol. The smallest absolute Gasteiger partial charge is 0.323 e. The van der Waals surface area contributed by atoms with Crippen LogP contribution in [-0.2, 0) is 32.1 Å². The highest BCUT2D eigenvalue weighted by Crippen LogP contribution is 2.41. The summed E-state index contributed by atoms with van der Waals surface area (Å²) in [4.78, 5) is 23.9. The highest BCUT2D eigenvalue weighted by atomic mass is 19.1. The molecule has 1 amide bonds. The molecule has 0 aromatic heterocycles. The Bertz CT molecular complexity index is 1080. The number of carboxylic acids is 1. The van der Waals surface area contributed by atoms with Crippen LogP contribution < -0.4 is 10.6 Å². The molecule has 2 aliphatic rings. The highest BCUT2D eigenvalue weighted by molar-refractivity contribution is 6.36. The number of hydrogen-bond donors (Lipinski definition) is 3. The fourth-order valence-electron chi connectivity index (χ4n) is 3.91. The number of methoxy groups -OCH3 is 1. The van der Waals surface area contributed by atoms with Gasteiger partial charge in [-0.25, -0.2) is 4.39 Å². The zero-order valence-corrected chi connectivity index (χ0v) is 17.2. The molecule has 2 aliphatic heterocycles. The molecular weight excluding hydrogens is 403 g/mol. The summed E-state index contributed by atoms with van der Waals surface area (Å²) in [6.45, 7) is 2.48. The van der Waals surface area contributed by atoms with Gasteiger partial charge in [-0.1, -0.05) is 18.2 Å². The molecule has 0 spiro atoms. The largest absolute Gasteiger partial charge is 0.487 e. The third-order valence-electron chi connectivity index (χ3n) is 5.62. The number of rotatable bonds is 7. The molecule has 0 bridgehead atoms. The van der Waals surface area contributed by atoms with Crippen molar-refractivity contribution in [3.63, 3.8) is 0 Å². The van der Waals surface area contributed by atoms with E-state index < -0.39 is 23.9 Å². The van der Waals surface area contributed by atoms with E-state index in [1.807, 2.05) is 18.2 Å². The van der Waals surface area contributed by atoms with Gasteiger partial charge >= 0.3 is 5.97 Å². The standard InChI is InChI=1S/C23H23FN2O5/c1-12(30-2)20(23(28)29)25-8-7-13-3-5-16-14(9-13)11-31-21(16)19-17-10-15(24)4-6-18(17)26-22(19)27/h3-6,9-10,12,20,25H,7-8,11H2,1-2H3,(H,26,27)(H,28,29)/b21-19+/t12-,20-/m1/s1. The summed E-state index contributed by atoms with van der Waals surface area (Å²) in [7, 11) is 1.48. The number of aliphatic carboxylic acids is 1. The fraction of sp³-hybridized carbons (Fsp3) is 0.304. The van der Waals surface area contributed by atoms with Crippen LogP contribution in [-0.4, -0.2) is 42.8 Å². The number of nitrogens with one attached hydrogen (secondary N) is 2. The van der Waals surface area contributed by atoms with Crippen molar-refractivity contribution >= 4 is 28.9 Å². The second kappa shape index (κ2) is 8.49. The minimum absolute atomic E-state index is 0.311. The molecule has 31 heavy (non-hydrogen) atoms. The molecule has 3 N–H and O–H groups in total. The van der Waals surface area contributed by atoms with Crippen molar-refractivity contribution in [2.45, 2.75) is 32.1 Å². The lowest BCUT2D eigenvalue weighted by molar-refractivity contribution is -0.142. The third-order valence-corrected chi connectivity index (χ3v) is 5.62. The van der Waals surface area contributed by atoms with Gasteiger partial charge in [-0.3, -0.25) is 9.59 Å². The Morgan fingerprint density at radius 1 is 1.29 bits per heavy atom. The number of fused-ring (bicyclic) bond motifs is 2. The van der Waals surface area contributed by atoms with Gasteiger partial charge in [0, 0.05) is 36.0 Å². The van der Waals surface area contributed by atoms with E-state index in [4.69, 9.17) is 9.47 Å². The third kappa shape index (κ3) is 4.04. The number of carbonyl (C=O) groups excluding carboxylic acids is 1. The van der Waals surface area contributed by atoms with E-state index in [0.29, 0.717) is 42.2 Å². The summed E-state index contributed by atoms with van der Waals surface area (Å²) < 4.78 is 24.7. The first-order valence-corrected chi connectivity index (χ1v) is 9.98. The second-order valence-corrected chi connectivity index (χ2v) is 7.59. The zero-order chi connectivity index (χ0) is 22.1. The molecule has 2 aromatic carbocycles. The lowest BCUT2D eigenvalue weighted by Gasteiger charge is -2.20. The van der Waals surface area contributed by atoms with Gasteiger partial charge < -0.3 is 25.2 Å². The number of carboxylic acid groups (broad SMARTS) is 1. The molecule has 0 aliphatic carbocycles. The molecular formula is C23H23FN2O5. The van der Waals surface area contributed by atoms with Gasteiger partial charge in [0.05, 0.1) is 11.7 Å². The van der Waals surface area contributed by atoms with Crippen LogP contribution in [0.5, 0.6) is 0 Å². The van der Waals surface area contributed by atoms with E-state index >= 15 is 0 Å². The van der Waals surface area contributed by atoms with Crippen molar-refractivity contribution in [2.24, 2.45) is 0 Å². The Hall–Kier alpha value is -3.23. The molecule has 8 heteroatoms. The van der Waals surface area contributed by atoms with E-state index in [-0.39, 0.29) is 5.91 Å². The summed E-state index contributed by atoms with van der Waals surface area (Å²) in [6.07, 6.45) is 0.166. The first-order valence-electron chi connectivity index (χ1n) is 9.98. The maximum atomic E-state index is 13.7. The number of halogens is 1. The van der Waals surface area contributed by atoms with Crippen LogP contribution in [0.15, 0.2) is 36.4 Å². The summed E-state index contributed by atoms with van der Waals surface area (Å²) >= 11 is 0. The highest BCUT2D eigenvalue weighted by Gasteiger charge is 2.33. The molecule has 0 unspecified atom stereocenters. The number of benzene rings is 2. The molecule has 4 rings (SSSR count). The first kappa shape index (κ1) is 21.0. The quantitative estimate of drug-likeness (QED) is 0.589. The van der Waals surface area contributed by atoms with Gasteiger partial charge in [-0.15, -0.1) is 0 Å². The van der Waals surface area contributed by atoms with Crippen molar-refractivity contribution in [3.05, 3.63) is 64.5 Å². The molecule has 0 radical (unpaired) electrons. The second-order valence-electron chi connectivity index (χ2n) is 7.59. The maximum Gasteiger partial charge on any atom is 0.323 e. The van der Waals surface area contributed by atoms with E-state index in [0.717, 1.165) is 16.7 Å². The lowest BCUT2D eigenvalue weighted by atomic mass is 9.98. The molecule has 162 valence electrons. The fourth-order valence-corrected chi connectivity index (χ4v) is 3.91. The Morgan fingerprint density at radius 3 is 2.84 bits per heavy atom. The van der Waals surface area contributed by atoms with Crippen LogP contribution in [0.2, 0.25) is 0 Å². The summed E-state index contributed by atoms with van der Waals surface area (Å²) in [5, 5.41) is 15.1. The van der Waals surface area contributed by atoms with Gasteiger partial charge in [0.15, 0.2) is 0 Å². The van der Waals surface area contributed by atoms with Gasteiger partial charge in [0.2, 0.25) is 0 Å². The number of hydrogen-bond acceptors (Lipinski definition) is 5. The van der Waals surface area contributed by atoms with Gasteiger partial charge in [0.25, 0.3) is 5.91 Å². The van der Waals surface area contributed by atoms with Crippen LogP contribution in [0.1, 0.15) is 29.2 Å². The molecule has 2 atom stereocenters. The molecule has 2 heterocycles. The number of carbonyl (C=O) groups is 2. The monoisotopic (exact) mass is 426 g/mol. The van der Waals surface area contributed by atoms with Crippen LogP contribution in [0.3, 0.4) is 0 Å². The average molecular weight is 426 g/mol. The average Bonchev–Trinajstić information content (AvgIpc) is 3.29. The lowest BCUT2D eigenvalue weighted by Crippen LogP contribution is -2.46. The van der Waals surface area contributed by atoms with Crippen LogP contribution in [0.25, 0.3) is 11.3 Å². The summed E-state index contributed by atoms with van der Waals surface area (Å²) in [5.41, 5.74) is 4.13. The Morgan fingerprint density at radius 2 is 2.10 bits per heavy atom. The molecule has 0 saturated heterocycles. The molecule has 0 saturated carbocycles.